The lowest BCUT2D eigenvalue weighted by molar-refractivity contribution is -0.124. The molecule has 0 fully saturated rings. The summed E-state index contributed by atoms with van der Waals surface area (Å²) in [5.74, 6) is 0.545. The molecule has 0 saturated carbocycles. The number of nitrogens with one attached hydrogen (secondary N) is 2. The van der Waals surface area contributed by atoms with E-state index in [1.807, 2.05) is 40.0 Å². The number of carbonyl (C=O) groups excluding carboxylic acids is 1. The van der Waals surface area contributed by atoms with Gasteiger partial charge in [-0.2, -0.15) is 0 Å². The highest BCUT2D eigenvalue weighted by atomic mass is 16.5. The van der Waals surface area contributed by atoms with Gasteiger partial charge in [-0.3, -0.25) is 4.79 Å². The zero-order valence-corrected chi connectivity index (χ0v) is 12.1. The van der Waals surface area contributed by atoms with Crippen LogP contribution in [-0.2, 0) is 11.3 Å². The second-order valence-electron chi connectivity index (χ2n) is 4.81. The molecule has 19 heavy (non-hydrogen) atoms. The normalized spacial score (nSPS) is 12.3. The molecule has 0 saturated heterocycles. The predicted molar refractivity (Wildman–Crippen MR) is 74.9 cm³/mol. The van der Waals surface area contributed by atoms with Crippen molar-refractivity contribution >= 4 is 5.91 Å². The monoisotopic (exact) mass is 265 g/mol. The molecule has 0 radical (unpaired) electrons. The molecule has 5 heteroatoms. The Kier molecular flexibility index (Phi) is 6.29. The first-order chi connectivity index (χ1) is 9.04. The second kappa shape index (κ2) is 7.74. The van der Waals surface area contributed by atoms with Gasteiger partial charge < -0.3 is 15.4 Å². The molecule has 1 atom stereocenters. The minimum absolute atomic E-state index is 0.0219. The molecule has 1 heterocycles. The fourth-order valence-corrected chi connectivity index (χ4v) is 1.64. The lowest BCUT2D eigenvalue weighted by Crippen LogP contribution is -2.34. The summed E-state index contributed by atoms with van der Waals surface area (Å²) in [6.45, 7) is 6.88. The maximum absolute atomic E-state index is 11.8. The zero-order valence-electron chi connectivity index (χ0n) is 12.1. The Morgan fingerprint density at radius 1 is 1.42 bits per heavy atom. The Balaban J connectivity index is 2.59. The number of pyridine rings is 1. The average molecular weight is 265 g/mol. The van der Waals surface area contributed by atoms with E-state index in [-0.39, 0.29) is 17.9 Å². The molecular weight excluding hydrogens is 242 g/mol. The van der Waals surface area contributed by atoms with Gasteiger partial charge in [-0.25, -0.2) is 4.98 Å². The van der Waals surface area contributed by atoms with Gasteiger partial charge >= 0.3 is 0 Å². The highest BCUT2D eigenvalue weighted by Gasteiger charge is 2.13. The lowest BCUT2D eigenvalue weighted by Gasteiger charge is -2.15. The molecule has 0 aliphatic heterocycles. The van der Waals surface area contributed by atoms with E-state index in [9.17, 15) is 4.79 Å². The number of amides is 1. The SMILES string of the molecule is CNCC(C)C(=O)NCc1cccnc1OC(C)C. The van der Waals surface area contributed by atoms with Gasteiger partial charge in [0, 0.05) is 30.8 Å². The molecule has 1 amide bonds. The summed E-state index contributed by atoms with van der Waals surface area (Å²) >= 11 is 0. The Labute approximate surface area is 114 Å². The quantitative estimate of drug-likeness (QED) is 0.781. The molecule has 0 spiro atoms. The number of carbonyl (C=O) groups is 1. The maximum Gasteiger partial charge on any atom is 0.224 e. The van der Waals surface area contributed by atoms with Crippen LogP contribution in [0.3, 0.4) is 0 Å². The second-order valence-corrected chi connectivity index (χ2v) is 4.81. The molecule has 1 aromatic rings. The van der Waals surface area contributed by atoms with Crippen LogP contribution in [0.15, 0.2) is 18.3 Å². The van der Waals surface area contributed by atoms with E-state index >= 15 is 0 Å². The van der Waals surface area contributed by atoms with Crippen LogP contribution in [0.25, 0.3) is 0 Å². The van der Waals surface area contributed by atoms with Crippen molar-refractivity contribution in [3.63, 3.8) is 0 Å². The third-order valence-corrected chi connectivity index (χ3v) is 2.61. The van der Waals surface area contributed by atoms with E-state index in [1.165, 1.54) is 0 Å². The van der Waals surface area contributed by atoms with Gasteiger partial charge in [0.25, 0.3) is 0 Å². The first-order valence-electron chi connectivity index (χ1n) is 6.57. The Bertz CT molecular complexity index is 407. The summed E-state index contributed by atoms with van der Waals surface area (Å²) in [4.78, 5) is 16.0. The van der Waals surface area contributed by atoms with Crippen molar-refractivity contribution in [2.24, 2.45) is 5.92 Å². The summed E-state index contributed by atoms with van der Waals surface area (Å²) < 4.78 is 5.61. The topological polar surface area (TPSA) is 63.2 Å². The van der Waals surface area contributed by atoms with Crippen molar-refractivity contribution in [2.45, 2.75) is 33.4 Å². The van der Waals surface area contributed by atoms with E-state index in [0.717, 1.165) is 5.56 Å². The van der Waals surface area contributed by atoms with E-state index in [1.54, 1.807) is 6.20 Å². The van der Waals surface area contributed by atoms with Crippen LogP contribution in [0.4, 0.5) is 0 Å². The van der Waals surface area contributed by atoms with Crippen LogP contribution in [0.2, 0.25) is 0 Å². The van der Waals surface area contributed by atoms with Gasteiger partial charge in [-0.1, -0.05) is 13.0 Å². The summed E-state index contributed by atoms with van der Waals surface area (Å²) in [7, 11) is 1.83. The van der Waals surface area contributed by atoms with Gasteiger partial charge in [-0.15, -0.1) is 0 Å². The smallest absolute Gasteiger partial charge is 0.224 e. The van der Waals surface area contributed by atoms with E-state index in [4.69, 9.17) is 4.74 Å². The van der Waals surface area contributed by atoms with Gasteiger partial charge in [-0.05, 0) is 27.0 Å². The fourth-order valence-electron chi connectivity index (χ4n) is 1.64. The molecule has 0 aromatic carbocycles. The average Bonchev–Trinajstić information content (AvgIpc) is 2.37. The summed E-state index contributed by atoms with van der Waals surface area (Å²) in [5.41, 5.74) is 0.890. The minimum atomic E-state index is -0.0591. The molecule has 0 bridgehead atoms. The van der Waals surface area contributed by atoms with Crippen LogP contribution in [-0.4, -0.2) is 30.6 Å². The predicted octanol–water partition coefficient (Wildman–Crippen LogP) is 1.34. The van der Waals surface area contributed by atoms with Gasteiger partial charge in [0.1, 0.15) is 0 Å². The van der Waals surface area contributed by atoms with Crippen LogP contribution >= 0.6 is 0 Å². The highest BCUT2D eigenvalue weighted by molar-refractivity contribution is 5.78. The highest BCUT2D eigenvalue weighted by Crippen LogP contribution is 2.15. The number of ether oxygens (including phenoxy) is 1. The Hall–Kier alpha value is -1.62. The molecule has 106 valence electrons. The molecule has 0 aliphatic carbocycles. The number of rotatable bonds is 7. The van der Waals surface area contributed by atoms with Crippen LogP contribution in [0, 0.1) is 5.92 Å². The van der Waals surface area contributed by atoms with Crippen LogP contribution < -0.4 is 15.4 Å². The maximum atomic E-state index is 11.8. The van der Waals surface area contributed by atoms with Gasteiger partial charge in [0.2, 0.25) is 11.8 Å². The van der Waals surface area contributed by atoms with E-state index in [0.29, 0.717) is 19.0 Å². The number of nitrogens with zero attached hydrogens (tertiary/aromatic N) is 1. The third kappa shape index (κ3) is 5.26. The molecule has 1 unspecified atom stereocenters. The minimum Gasteiger partial charge on any atom is -0.475 e. The molecule has 5 nitrogen and oxygen atoms in total. The summed E-state index contributed by atoms with van der Waals surface area (Å²) in [6.07, 6.45) is 1.75. The van der Waals surface area contributed by atoms with Crippen molar-refractivity contribution in [3.05, 3.63) is 23.9 Å². The fraction of sp³-hybridized carbons (Fsp3) is 0.571. The standard InChI is InChI=1S/C14H23N3O2/c1-10(2)19-14-12(6-5-7-16-14)9-17-13(18)11(3)8-15-4/h5-7,10-11,15H,8-9H2,1-4H3,(H,17,18). The first-order valence-corrected chi connectivity index (χ1v) is 6.57. The number of aromatic nitrogens is 1. The van der Waals surface area contributed by atoms with Crippen molar-refractivity contribution in [2.75, 3.05) is 13.6 Å². The third-order valence-electron chi connectivity index (χ3n) is 2.61. The van der Waals surface area contributed by atoms with Crippen molar-refractivity contribution < 1.29 is 9.53 Å². The Morgan fingerprint density at radius 3 is 2.79 bits per heavy atom. The van der Waals surface area contributed by atoms with Crippen LogP contribution in [0.5, 0.6) is 5.88 Å². The molecule has 0 aliphatic rings. The molecule has 2 N–H and O–H groups in total. The molecule has 1 aromatic heterocycles. The lowest BCUT2D eigenvalue weighted by atomic mass is 10.1. The summed E-state index contributed by atoms with van der Waals surface area (Å²) in [5, 5.41) is 5.88. The van der Waals surface area contributed by atoms with E-state index in [2.05, 4.69) is 15.6 Å². The van der Waals surface area contributed by atoms with E-state index < -0.39 is 0 Å². The van der Waals surface area contributed by atoms with Gasteiger partial charge in [0.05, 0.1) is 6.10 Å². The van der Waals surface area contributed by atoms with Crippen molar-refractivity contribution in [1.82, 2.24) is 15.6 Å². The number of hydrogen-bond donors (Lipinski definition) is 2. The zero-order chi connectivity index (χ0) is 14.3. The van der Waals surface area contributed by atoms with Crippen molar-refractivity contribution in [1.29, 1.82) is 0 Å². The van der Waals surface area contributed by atoms with Crippen LogP contribution in [0.1, 0.15) is 26.3 Å². The largest absolute Gasteiger partial charge is 0.475 e. The van der Waals surface area contributed by atoms with Crippen molar-refractivity contribution in [3.8, 4) is 5.88 Å². The Morgan fingerprint density at radius 2 is 2.16 bits per heavy atom. The first kappa shape index (κ1) is 15.4. The number of hydrogen-bond acceptors (Lipinski definition) is 4. The molecular formula is C14H23N3O2. The molecule has 1 rings (SSSR count). The summed E-state index contributed by atoms with van der Waals surface area (Å²) in [6, 6.07) is 3.75. The van der Waals surface area contributed by atoms with Gasteiger partial charge in [0.15, 0.2) is 0 Å².